The van der Waals surface area contributed by atoms with Gasteiger partial charge in [-0.05, 0) is 22.3 Å². The lowest BCUT2D eigenvalue weighted by atomic mass is 9.91. The summed E-state index contributed by atoms with van der Waals surface area (Å²) in [5.74, 6) is 3.09. The van der Waals surface area contributed by atoms with Crippen molar-refractivity contribution in [1.29, 1.82) is 0 Å². The maximum absolute atomic E-state index is 11.4. The molecule has 0 heterocycles. The summed E-state index contributed by atoms with van der Waals surface area (Å²) < 4.78 is 5.42. The Labute approximate surface area is 148 Å². The molecule has 1 atom stereocenters. The molecule has 2 nitrogen and oxygen atoms in total. The highest BCUT2D eigenvalue weighted by Crippen LogP contribution is 2.46. The van der Waals surface area contributed by atoms with Gasteiger partial charge in [0.2, 0.25) is 0 Å². The summed E-state index contributed by atoms with van der Waals surface area (Å²) in [7, 11) is -1.60. The van der Waals surface area contributed by atoms with E-state index in [0.29, 0.717) is 0 Å². The molecule has 4 heteroatoms. The van der Waals surface area contributed by atoms with Crippen molar-refractivity contribution in [2.45, 2.75) is 31.7 Å². The molecule has 0 spiro atoms. The normalized spacial score (nSPS) is 14.2. The molecule has 122 valence electrons. The van der Waals surface area contributed by atoms with E-state index in [0.717, 1.165) is 11.1 Å². The van der Waals surface area contributed by atoms with E-state index in [1.165, 1.54) is 11.1 Å². The van der Waals surface area contributed by atoms with E-state index in [1.807, 2.05) is 24.3 Å². The van der Waals surface area contributed by atoms with Crippen LogP contribution >= 0.6 is 11.6 Å². The monoisotopic (exact) mass is 354 g/mol. The third-order valence-electron chi connectivity index (χ3n) is 3.99. The highest BCUT2D eigenvalue weighted by atomic mass is 35.5. The van der Waals surface area contributed by atoms with Crippen molar-refractivity contribution in [3.8, 4) is 22.6 Å². The molecule has 0 N–H and O–H groups in total. The van der Waals surface area contributed by atoms with Crippen LogP contribution in [-0.2, 0) is 4.74 Å². The smallest absolute Gasteiger partial charge is 0.405 e. The standard InChI is InChI=1S/C20H19ClO2Si/c1-24(2,3)13-12-18(23-20(21)22)19-16-10-6-4-8-14(16)15-9-5-7-11-17(15)19/h4-11,18-19H,1-3H3. The van der Waals surface area contributed by atoms with Crippen LogP contribution in [0.4, 0.5) is 4.79 Å². The molecule has 1 unspecified atom stereocenters. The molecule has 0 saturated heterocycles. The Bertz CT molecular complexity index is 797. The van der Waals surface area contributed by atoms with Gasteiger partial charge in [-0.3, -0.25) is 0 Å². The van der Waals surface area contributed by atoms with Crippen molar-refractivity contribution in [3.63, 3.8) is 0 Å². The summed E-state index contributed by atoms with van der Waals surface area (Å²) in [6.07, 6.45) is -0.577. The second kappa shape index (κ2) is 6.47. The number of ether oxygens (including phenoxy) is 1. The molecule has 0 saturated carbocycles. The van der Waals surface area contributed by atoms with Gasteiger partial charge in [-0.15, -0.1) is 5.54 Å². The van der Waals surface area contributed by atoms with E-state index in [-0.39, 0.29) is 5.92 Å². The molecule has 24 heavy (non-hydrogen) atoms. The number of hydrogen-bond donors (Lipinski definition) is 0. The van der Waals surface area contributed by atoms with Gasteiger partial charge in [0.1, 0.15) is 8.07 Å². The van der Waals surface area contributed by atoms with E-state index in [2.05, 4.69) is 55.4 Å². The van der Waals surface area contributed by atoms with Gasteiger partial charge in [-0.1, -0.05) is 74.1 Å². The molecule has 3 rings (SSSR count). The fourth-order valence-corrected chi connectivity index (χ4v) is 3.76. The molecule has 2 aromatic rings. The van der Waals surface area contributed by atoms with E-state index >= 15 is 0 Å². The maximum atomic E-state index is 11.4. The predicted molar refractivity (Wildman–Crippen MR) is 101 cm³/mol. The zero-order valence-electron chi connectivity index (χ0n) is 14.0. The topological polar surface area (TPSA) is 26.3 Å². The SMILES string of the molecule is C[Si](C)(C)C#CC(OC(=O)Cl)C1c2ccccc2-c2ccccc21. The number of fused-ring (bicyclic) bond motifs is 3. The first-order valence-corrected chi connectivity index (χ1v) is 11.8. The summed E-state index contributed by atoms with van der Waals surface area (Å²) in [4.78, 5) is 11.4. The van der Waals surface area contributed by atoms with Crippen molar-refractivity contribution in [2.24, 2.45) is 0 Å². The summed E-state index contributed by atoms with van der Waals surface area (Å²) in [5, 5.41) is 0. The molecule has 2 aromatic carbocycles. The van der Waals surface area contributed by atoms with Crippen molar-refractivity contribution in [2.75, 3.05) is 0 Å². The van der Waals surface area contributed by atoms with Crippen LogP contribution in [0, 0.1) is 11.5 Å². The highest BCUT2D eigenvalue weighted by Gasteiger charge is 2.35. The fourth-order valence-electron chi connectivity index (χ4n) is 3.09. The predicted octanol–water partition coefficient (Wildman–Crippen LogP) is 5.42. The highest BCUT2D eigenvalue weighted by molar-refractivity contribution is 6.83. The number of carbonyl (C=O) groups is 1. The van der Waals surface area contributed by atoms with Crippen molar-refractivity contribution >= 4 is 25.1 Å². The molecule has 0 aliphatic heterocycles. The van der Waals surface area contributed by atoms with Gasteiger partial charge < -0.3 is 4.74 Å². The Morgan fingerprint density at radius 1 is 1.04 bits per heavy atom. The fraction of sp³-hybridized carbons (Fsp3) is 0.250. The van der Waals surface area contributed by atoms with Gasteiger partial charge in [-0.2, -0.15) is 0 Å². The van der Waals surface area contributed by atoms with Crippen LogP contribution in [0.3, 0.4) is 0 Å². The van der Waals surface area contributed by atoms with E-state index in [4.69, 9.17) is 16.3 Å². The zero-order chi connectivity index (χ0) is 17.3. The molecule has 0 radical (unpaired) electrons. The lowest BCUT2D eigenvalue weighted by molar-refractivity contribution is 0.142. The maximum Gasteiger partial charge on any atom is 0.405 e. The Morgan fingerprint density at radius 2 is 1.54 bits per heavy atom. The quantitative estimate of drug-likeness (QED) is 0.408. The molecule has 0 aromatic heterocycles. The minimum atomic E-state index is -1.60. The minimum Gasteiger partial charge on any atom is -0.436 e. The van der Waals surface area contributed by atoms with Gasteiger partial charge in [-0.25, -0.2) is 4.79 Å². The summed E-state index contributed by atoms with van der Waals surface area (Å²) in [6, 6.07) is 16.4. The lowest BCUT2D eigenvalue weighted by Crippen LogP contribution is -2.24. The first-order valence-electron chi connectivity index (χ1n) is 7.94. The first-order chi connectivity index (χ1) is 11.4. The number of halogens is 1. The molecular formula is C20H19ClO2Si. The molecule has 0 bridgehead atoms. The van der Waals surface area contributed by atoms with Crippen molar-refractivity contribution in [3.05, 3.63) is 59.7 Å². The molecular weight excluding hydrogens is 336 g/mol. The van der Waals surface area contributed by atoms with Gasteiger partial charge >= 0.3 is 5.43 Å². The Kier molecular flexibility index (Phi) is 4.53. The first kappa shape index (κ1) is 16.8. The molecule has 1 aliphatic carbocycles. The molecule has 0 amide bonds. The Balaban J connectivity index is 2.13. The van der Waals surface area contributed by atoms with Crippen LogP contribution in [0.15, 0.2) is 48.5 Å². The van der Waals surface area contributed by atoms with Gasteiger partial charge in [0.25, 0.3) is 0 Å². The molecule has 1 aliphatic rings. The third-order valence-corrected chi connectivity index (χ3v) is 4.98. The molecule has 0 fully saturated rings. The van der Waals surface area contributed by atoms with Crippen molar-refractivity contribution in [1.82, 2.24) is 0 Å². The van der Waals surface area contributed by atoms with Gasteiger partial charge in [0.15, 0.2) is 6.10 Å². The summed E-state index contributed by atoms with van der Waals surface area (Å²) in [6.45, 7) is 6.49. The van der Waals surface area contributed by atoms with Crippen LogP contribution < -0.4 is 0 Å². The lowest BCUT2D eigenvalue weighted by Gasteiger charge is -2.21. The van der Waals surface area contributed by atoms with Crippen LogP contribution in [-0.4, -0.2) is 19.6 Å². The van der Waals surface area contributed by atoms with Crippen LogP contribution in [0.5, 0.6) is 0 Å². The number of hydrogen-bond acceptors (Lipinski definition) is 2. The van der Waals surface area contributed by atoms with Crippen molar-refractivity contribution < 1.29 is 9.53 Å². The second-order valence-corrected chi connectivity index (χ2v) is 12.0. The Hall–Kier alpha value is -2.02. The Morgan fingerprint density at radius 3 is 2.00 bits per heavy atom. The average Bonchev–Trinajstić information content (AvgIpc) is 2.85. The largest absolute Gasteiger partial charge is 0.436 e. The van der Waals surface area contributed by atoms with Crippen LogP contribution in [0.2, 0.25) is 19.6 Å². The van der Waals surface area contributed by atoms with Crippen LogP contribution in [0.1, 0.15) is 17.0 Å². The van der Waals surface area contributed by atoms with Gasteiger partial charge in [0, 0.05) is 11.6 Å². The van der Waals surface area contributed by atoms with Gasteiger partial charge in [0.05, 0.1) is 5.92 Å². The van der Waals surface area contributed by atoms with E-state index < -0.39 is 19.6 Å². The average molecular weight is 355 g/mol. The number of rotatable bonds is 2. The second-order valence-electron chi connectivity index (χ2n) is 6.95. The summed E-state index contributed by atoms with van der Waals surface area (Å²) in [5.41, 5.74) is 7.11. The third kappa shape index (κ3) is 3.40. The summed E-state index contributed by atoms with van der Waals surface area (Å²) >= 11 is 5.54. The number of carbonyl (C=O) groups excluding carboxylic acids is 1. The number of benzene rings is 2. The van der Waals surface area contributed by atoms with E-state index in [9.17, 15) is 4.79 Å². The van der Waals surface area contributed by atoms with E-state index in [1.54, 1.807) is 0 Å². The minimum absolute atomic E-state index is 0.107. The van der Waals surface area contributed by atoms with Crippen LogP contribution in [0.25, 0.3) is 11.1 Å². The zero-order valence-corrected chi connectivity index (χ0v) is 15.7.